The van der Waals surface area contributed by atoms with Crippen LogP contribution in [0.2, 0.25) is 0 Å². The summed E-state index contributed by atoms with van der Waals surface area (Å²) in [5.41, 5.74) is 0.839. The van der Waals surface area contributed by atoms with Crippen molar-refractivity contribution in [2.75, 3.05) is 20.8 Å². The molecule has 70 valence electrons. The fourth-order valence-electron chi connectivity index (χ4n) is 0.680. The van der Waals surface area contributed by atoms with Gasteiger partial charge in [-0.25, -0.2) is 5.06 Å². The molecule has 12 heavy (non-hydrogen) atoms. The fraction of sp³-hybridized carbons (Fsp3) is 0.625. The number of carbonyl (C=O) groups is 1. The van der Waals surface area contributed by atoms with Gasteiger partial charge in [-0.2, -0.15) is 0 Å². The number of rotatable bonds is 4. The molecule has 0 radical (unpaired) electrons. The zero-order chi connectivity index (χ0) is 9.56. The summed E-state index contributed by atoms with van der Waals surface area (Å²) in [5, 5.41) is 9.67. The summed E-state index contributed by atoms with van der Waals surface area (Å²) in [6, 6.07) is 0. The van der Waals surface area contributed by atoms with Crippen LogP contribution < -0.4 is 0 Å². The van der Waals surface area contributed by atoms with E-state index >= 15 is 0 Å². The summed E-state index contributed by atoms with van der Waals surface area (Å²) in [7, 11) is 2.98. The Morgan fingerprint density at radius 2 is 2.25 bits per heavy atom. The second kappa shape index (κ2) is 5.74. The van der Waals surface area contributed by atoms with E-state index in [4.69, 9.17) is 5.11 Å². The maximum atomic E-state index is 11.1. The molecular weight excluding hydrogens is 158 g/mol. The lowest BCUT2D eigenvalue weighted by molar-refractivity contribution is -0.167. The van der Waals surface area contributed by atoms with E-state index in [1.54, 1.807) is 20.0 Å². The van der Waals surface area contributed by atoms with Crippen LogP contribution >= 0.6 is 0 Å². The van der Waals surface area contributed by atoms with E-state index in [2.05, 4.69) is 4.84 Å². The van der Waals surface area contributed by atoms with Crippen LogP contribution in [0.5, 0.6) is 0 Å². The van der Waals surface area contributed by atoms with Crippen molar-refractivity contribution in [3.63, 3.8) is 0 Å². The lowest BCUT2D eigenvalue weighted by atomic mass is 10.2. The molecule has 0 saturated carbocycles. The third-order valence-corrected chi connectivity index (χ3v) is 1.49. The molecule has 0 aliphatic rings. The largest absolute Gasteiger partial charge is 0.392 e. The molecule has 0 aliphatic carbocycles. The number of amides is 1. The van der Waals surface area contributed by atoms with Crippen molar-refractivity contribution in [2.45, 2.75) is 13.3 Å². The van der Waals surface area contributed by atoms with Crippen molar-refractivity contribution >= 4 is 5.91 Å². The first-order valence-electron chi connectivity index (χ1n) is 3.69. The lowest BCUT2D eigenvalue weighted by Gasteiger charge is -2.13. The molecule has 0 bridgehead atoms. The molecule has 0 aromatic rings. The van der Waals surface area contributed by atoms with E-state index in [-0.39, 0.29) is 18.9 Å². The molecule has 0 saturated heterocycles. The minimum absolute atomic E-state index is 0.0319. The van der Waals surface area contributed by atoms with Crippen LogP contribution in [0, 0.1) is 0 Å². The number of aliphatic hydroxyl groups is 1. The van der Waals surface area contributed by atoms with Gasteiger partial charge < -0.3 is 5.11 Å². The number of hydroxylamine groups is 2. The molecule has 0 aromatic heterocycles. The highest BCUT2D eigenvalue weighted by molar-refractivity contribution is 5.77. The molecular formula is C8H15NO3. The first-order valence-corrected chi connectivity index (χ1v) is 3.69. The zero-order valence-electron chi connectivity index (χ0n) is 7.70. The third-order valence-electron chi connectivity index (χ3n) is 1.49. The smallest absolute Gasteiger partial charge is 0.249 e. The normalized spacial score (nSPS) is 11.5. The number of hydrogen-bond acceptors (Lipinski definition) is 3. The highest BCUT2D eigenvalue weighted by Crippen LogP contribution is 2.02. The van der Waals surface area contributed by atoms with Crippen LogP contribution in [0.1, 0.15) is 13.3 Å². The quantitative estimate of drug-likeness (QED) is 0.492. The van der Waals surface area contributed by atoms with Gasteiger partial charge in [-0.05, 0) is 6.92 Å². The van der Waals surface area contributed by atoms with Crippen LogP contribution in [0.25, 0.3) is 0 Å². The molecule has 0 rings (SSSR count). The SMILES string of the molecule is CON(C)C(=O)C/C(C)=C\CO. The van der Waals surface area contributed by atoms with Gasteiger partial charge >= 0.3 is 0 Å². The second-order valence-electron chi connectivity index (χ2n) is 2.48. The summed E-state index contributed by atoms with van der Waals surface area (Å²) < 4.78 is 0. The predicted molar refractivity (Wildman–Crippen MR) is 45.2 cm³/mol. The fourth-order valence-corrected chi connectivity index (χ4v) is 0.680. The zero-order valence-corrected chi connectivity index (χ0v) is 7.70. The highest BCUT2D eigenvalue weighted by Gasteiger charge is 2.07. The maximum absolute atomic E-state index is 11.1. The molecule has 0 atom stereocenters. The van der Waals surface area contributed by atoms with Crippen molar-refractivity contribution in [1.29, 1.82) is 0 Å². The highest BCUT2D eigenvalue weighted by atomic mass is 16.7. The molecule has 4 heteroatoms. The molecule has 0 unspecified atom stereocenters. The van der Waals surface area contributed by atoms with Crippen molar-refractivity contribution in [2.24, 2.45) is 0 Å². The molecule has 0 fully saturated rings. The molecule has 0 spiro atoms. The standard InChI is InChI=1S/C8H15NO3/c1-7(4-5-10)6-8(11)9(2)12-3/h4,10H,5-6H2,1-3H3/b7-4-. The van der Waals surface area contributed by atoms with E-state index < -0.39 is 0 Å². The van der Waals surface area contributed by atoms with Crippen molar-refractivity contribution < 1.29 is 14.7 Å². The molecule has 0 aliphatic heterocycles. The topological polar surface area (TPSA) is 49.8 Å². The average molecular weight is 173 g/mol. The van der Waals surface area contributed by atoms with E-state index in [0.717, 1.165) is 10.6 Å². The van der Waals surface area contributed by atoms with Gasteiger partial charge in [-0.15, -0.1) is 0 Å². The molecule has 4 nitrogen and oxygen atoms in total. The number of aliphatic hydroxyl groups excluding tert-OH is 1. The summed E-state index contributed by atoms with van der Waals surface area (Å²) >= 11 is 0. The Morgan fingerprint density at radius 3 is 2.67 bits per heavy atom. The average Bonchev–Trinajstić information content (AvgIpc) is 2.03. The van der Waals surface area contributed by atoms with Gasteiger partial charge in [-0.1, -0.05) is 11.6 Å². The van der Waals surface area contributed by atoms with E-state index in [1.165, 1.54) is 7.11 Å². The van der Waals surface area contributed by atoms with Crippen LogP contribution in [-0.2, 0) is 9.63 Å². The third kappa shape index (κ3) is 4.10. The van der Waals surface area contributed by atoms with Gasteiger partial charge in [0.15, 0.2) is 0 Å². The Hall–Kier alpha value is -0.870. The van der Waals surface area contributed by atoms with Crippen LogP contribution in [0.4, 0.5) is 0 Å². The lowest BCUT2D eigenvalue weighted by Crippen LogP contribution is -2.25. The molecule has 1 amide bonds. The Morgan fingerprint density at radius 1 is 1.67 bits per heavy atom. The van der Waals surface area contributed by atoms with E-state index in [9.17, 15) is 4.79 Å². The van der Waals surface area contributed by atoms with E-state index in [1.807, 2.05) is 0 Å². The number of nitrogens with zero attached hydrogens (tertiary/aromatic N) is 1. The predicted octanol–water partition coefficient (Wildman–Crippen LogP) is 0.335. The van der Waals surface area contributed by atoms with Gasteiger partial charge in [0.05, 0.1) is 13.7 Å². The Kier molecular flexibility index (Phi) is 5.32. The maximum Gasteiger partial charge on any atom is 0.249 e. The first kappa shape index (κ1) is 11.1. The minimum atomic E-state index is -0.125. The van der Waals surface area contributed by atoms with Crippen molar-refractivity contribution in [3.05, 3.63) is 11.6 Å². The van der Waals surface area contributed by atoms with Crippen LogP contribution in [-0.4, -0.2) is 36.8 Å². The number of hydrogen-bond donors (Lipinski definition) is 1. The van der Waals surface area contributed by atoms with Gasteiger partial charge in [0, 0.05) is 13.5 Å². The van der Waals surface area contributed by atoms with Gasteiger partial charge in [0.25, 0.3) is 0 Å². The Balaban J connectivity index is 3.92. The summed E-state index contributed by atoms with van der Waals surface area (Å²) in [4.78, 5) is 15.8. The van der Waals surface area contributed by atoms with Crippen LogP contribution in [0.3, 0.4) is 0 Å². The first-order chi connectivity index (χ1) is 5.61. The molecule has 1 N–H and O–H groups in total. The Labute approximate surface area is 72.4 Å². The molecule has 0 aromatic carbocycles. The number of carbonyl (C=O) groups excluding carboxylic acids is 1. The molecule has 0 heterocycles. The summed E-state index contributed by atoms with van der Waals surface area (Å²) in [6.45, 7) is 1.76. The minimum Gasteiger partial charge on any atom is -0.392 e. The van der Waals surface area contributed by atoms with Crippen molar-refractivity contribution in [1.82, 2.24) is 5.06 Å². The Bertz CT molecular complexity index is 177. The van der Waals surface area contributed by atoms with Gasteiger partial charge in [0.1, 0.15) is 0 Å². The second-order valence-corrected chi connectivity index (χ2v) is 2.48. The van der Waals surface area contributed by atoms with Crippen molar-refractivity contribution in [3.8, 4) is 0 Å². The summed E-state index contributed by atoms with van der Waals surface area (Å²) in [6.07, 6.45) is 1.88. The summed E-state index contributed by atoms with van der Waals surface area (Å²) in [5.74, 6) is -0.125. The van der Waals surface area contributed by atoms with Gasteiger partial charge in [0.2, 0.25) is 5.91 Å². The van der Waals surface area contributed by atoms with Crippen LogP contribution in [0.15, 0.2) is 11.6 Å². The van der Waals surface area contributed by atoms with Gasteiger partial charge in [-0.3, -0.25) is 9.63 Å². The monoisotopic (exact) mass is 173 g/mol. The van der Waals surface area contributed by atoms with E-state index in [0.29, 0.717) is 0 Å².